The molecule has 1 aromatic carbocycles. The van der Waals surface area contributed by atoms with Crippen LogP contribution < -0.4 is 4.74 Å². The van der Waals surface area contributed by atoms with Gasteiger partial charge >= 0.3 is 0 Å². The fraction of sp³-hybridized carbons (Fsp3) is 0.286. The molecule has 2 aromatic rings. The van der Waals surface area contributed by atoms with Crippen molar-refractivity contribution < 1.29 is 4.74 Å². The first kappa shape index (κ1) is 13.9. The molecule has 0 bridgehead atoms. The smallest absolute Gasteiger partial charge is 0.123 e. The van der Waals surface area contributed by atoms with Gasteiger partial charge in [0.1, 0.15) is 5.75 Å². The molecule has 1 atom stereocenters. The highest BCUT2D eigenvalue weighted by Gasteiger charge is 2.18. The number of methoxy groups -OCH3 is 1. The maximum Gasteiger partial charge on any atom is 0.123 e. The molecule has 96 valence electrons. The Kier molecular flexibility index (Phi) is 4.36. The van der Waals surface area contributed by atoms with Crippen LogP contribution in [-0.4, -0.2) is 7.11 Å². The van der Waals surface area contributed by atoms with E-state index in [2.05, 4.69) is 41.9 Å². The van der Waals surface area contributed by atoms with E-state index in [1.807, 2.05) is 12.1 Å². The molecule has 0 aliphatic heterocycles. The Hall–Kier alpha value is -0.510. The Balaban J connectivity index is 2.44. The summed E-state index contributed by atoms with van der Waals surface area (Å²) in [6.07, 6.45) is 0. The zero-order chi connectivity index (χ0) is 13.3. The lowest BCUT2D eigenvalue weighted by Crippen LogP contribution is -1.96. The van der Waals surface area contributed by atoms with E-state index in [-0.39, 0.29) is 5.38 Å². The summed E-state index contributed by atoms with van der Waals surface area (Å²) in [5.74, 6) is 0.836. The van der Waals surface area contributed by atoms with Crippen LogP contribution in [0.15, 0.2) is 28.1 Å². The zero-order valence-corrected chi connectivity index (χ0v) is 13.6. The second kappa shape index (κ2) is 5.64. The van der Waals surface area contributed by atoms with Gasteiger partial charge in [-0.25, -0.2) is 0 Å². The molecule has 0 saturated carbocycles. The van der Waals surface area contributed by atoms with Crippen molar-refractivity contribution in [2.24, 2.45) is 0 Å². The summed E-state index contributed by atoms with van der Waals surface area (Å²) in [6, 6.07) is 8.20. The van der Waals surface area contributed by atoms with Crippen molar-refractivity contribution in [2.75, 3.05) is 7.11 Å². The lowest BCUT2D eigenvalue weighted by molar-refractivity contribution is 0.410. The maximum atomic E-state index is 6.58. The minimum Gasteiger partial charge on any atom is -0.496 e. The summed E-state index contributed by atoms with van der Waals surface area (Å²) in [6.45, 7) is 4.13. The first-order valence-corrected chi connectivity index (χ1v) is 7.62. The number of thiophene rings is 1. The molecule has 0 spiro atoms. The molecule has 0 amide bonds. The molecule has 18 heavy (non-hydrogen) atoms. The normalized spacial score (nSPS) is 12.5. The van der Waals surface area contributed by atoms with Crippen molar-refractivity contribution >= 4 is 38.9 Å². The number of aryl methyl sites for hydroxylation is 2. The molecule has 0 radical (unpaired) electrons. The molecule has 1 heterocycles. The van der Waals surface area contributed by atoms with Gasteiger partial charge in [-0.05, 0) is 47.5 Å². The monoisotopic (exact) mass is 344 g/mol. The molecule has 4 heteroatoms. The second-order valence-electron chi connectivity index (χ2n) is 4.21. The van der Waals surface area contributed by atoms with Crippen LogP contribution in [0, 0.1) is 13.8 Å². The predicted molar refractivity (Wildman–Crippen MR) is 82.2 cm³/mol. The summed E-state index contributed by atoms with van der Waals surface area (Å²) in [5.41, 5.74) is 3.42. The van der Waals surface area contributed by atoms with Crippen molar-refractivity contribution in [3.63, 3.8) is 0 Å². The lowest BCUT2D eigenvalue weighted by Gasteiger charge is -2.13. The maximum absolute atomic E-state index is 6.58. The average Bonchev–Trinajstić information content (AvgIpc) is 2.68. The first-order valence-electron chi connectivity index (χ1n) is 5.57. The molecule has 0 aliphatic rings. The molecule has 1 nitrogen and oxygen atoms in total. The quantitative estimate of drug-likeness (QED) is 0.671. The van der Waals surface area contributed by atoms with Crippen LogP contribution in [0.5, 0.6) is 5.75 Å². The fourth-order valence-corrected chi connectivity index (χ4v) is 3.75. The third-order valence-electron chi connectivity index (χ3n) is 2.78. The van der Waals surface area contributed by atoms with Crippen LogP contribution in [0.2, 0.25) is 0 Å². The summed E-state index contributed by atoms with van der Waals surface area (Å²) in [5, 5.41) is -0.171. The molecule has 0 N–H and O–H groups in total. The number of benzene rings is 1. The summed E-state index contributed by atoms with van der Waals surface area (Å²) in [7, 11) is 1.67. The molecular formula is C14H14BrClOS. The SMILES string of the molecule is COc1ccc(C)cc1C(Cl)c1cc(C)c(Br)s1. The lowest BCUT2D eigenvalue weighted by atomic mass is 10.1. The summed E-state index contributed by atoms with van der Waals surface area (Å²) >= 11 is 11.8. The average molecular weight is 346 g/mol. The Morgan fingerprint density at radius 2 is 2.00 bits per heavy atom. The predicted octanol–water partition coefficient (Wildman–Crippen LogP) is 5.46. The molecule has 0 saturated heterocycles. The van der Waals surface area contributed by atoms with E-state index in [1.165, 1.54) is 11.1 Å². The van der Waals surface area contributed by atoms with E-state index in [1.54, 1.807) is 18.4 Å². The van der Waals surface area contributed by atoms with Crippen molar-refractivity contribution in [1.82, 2.24) is 0 Å². The van der Waals surface area contributed by atoms with E-state index in [0.717, 1.165) is 20.0 Å². The molecular weight excluding hydrogens is 332 g/mol. The van der Waals surface area contributed by atoms with Gasteiger partial charge in [0.25, 0.3) is 0 Å². The standard InChI is InChI=1S/C14H14BrClOS/c1-8-4-5-11(17-3)10(6-8)13(16)12-7-9(2)14(15)18-12/h4-7,13H,1-3H3. The van der Waals surface area contributed by atoms with E-state index in [9.17, 15) is 0 Å². The third-order valence-corrected chi connectivity index (χ3v) is 5.59. The number of halogens is 2. The highest BCUT2D eigenvalue weighted by Crippen LogP contribution is 2.41. The van der Waals surface area contributed by atoms with Crippen molar-refractivity contribution in [1.29, 1.82) is 0 Å². The Morgan fingerprint density at radius 3 is 2.56 bits per heavy atom. The van der Waals surface area contributed by atoms with Gasteiger partial charge in [0.15, 0.2) is 0 Å². The van der Waals surface area contributed by atoms with E-state index < -0.39 is 0 Å². The van der Waals surface area contributed by atoms with Crippen LogP contribution in [-0.2, 0) is 0 Å². The van der Waals surface area contributed by atoms with Gasteiger partial charge in [-0.3, -0.25) is 0 Å². The van der Waals surface area contributed by atoms with Gasteiger partial charge < -0.3 is 4.74 Å². The summed E-state index contributed by atoms with van der Waals surface area (Å²) < 4.78 is 6.52. The van der Waals surface area contributed by atoms with Crippen LogP contribution in [0.3, 0.4) is 0 Å². The van der Waals surface area contributed by atoms with Gasteiger partial charge in [0.05, 0.1) is 16.3 Å². The number of rotatable bonds is 3. The second-order valence-corrected chi connectivity index (χ2v) is 7.05. The number of alkyl halides is 1. The topological polar surface area (TPSA) is 9.23 Å². The molecule has 0 aliphatic carbocycles. The molecule has 1 aromatic heterocycles. The minimum absolute atomic E-state index is 0.171. The summed E-state index contributed by atoms with van der Waals surface area (Å²) in [4.78, 5) is 1.13. The van der Waals surface area contributed by atoms with Gasteiger partial charge in [-0.15, -0.1) is 22.9 Å². The minimum atomic E-state index is -0.171. The van der Waals surface area contributed by atoms with Crippen molar-refractivity contribution in [2.45, 2.75) is 19.2 Å². The fourth-order valence-electron chi connectivity index (χ4n) is 1.81. The Bertz CT molecular complexity index is 545. The number of hydrogen-bond acceptors (Lipinski definition) is 2. The van der Waals surface area contributed by atoms with Crippen LogP contribution in [0.25, 0.3) is 0 Å². The molecule has 1 unspecified atom stereocenters. The van der Waals surface area contributed by atoms with E-state index >= 15 is 0 Å². The van der Waals surface area contributed by atoms with Gasteiger partial charge in [0.2, 0.25) is 0 Å². The van der Waals surface area contributed by atoms with Crippen LogP contribution in [0.4, 0.5) is 0 Å². The van der Waals surface area contributed by atoms with Gasteiger partial charge in [0, 0.05) is 10.4 Å². The highest BCUT2D eigenvalue weighted by atomic mass is 79.9. The van der Waals surface area contributed by atoms with Crippen LogP contribution >= 0.6 is 38.9 Å². The zero-order valence-electron chi connectivity index (χ0n) is 10.5. The van der Waals surface area contributed by atoms with E-state index in [4.69, 9.17) is 16.3 Å². The first-order chi connectivity index (χ1) is 8.52. The van der Waals surface area contributed by atoms with Gasteiger partial charge in [-0.2, -0.15) is 0 Å². The third kappa shape index (κ3) is 2.73. The Morgan fingerprint density at radius 1 is 1.28 bits per heavy atom. The molecule has 0 fully saturated rings. The highest BCUT2D eigenvalue weighted by molar-refractivity contribution is 9.11. The number of ether oxygens (including phenoxy) is 1. The van der Waals surface area contributed by atoms with Crippen molar-refractivity contribution in [3.8, 4) is 5.75 Å². The largest absolute Gasteiger partial charge is 0.496 e. The van der Waals surface area contributed by atoms with Crippen molar-refractivity contribution in [3.05, 3.63) is 49.6 Å². The van der Waals surface area contributed by atoms with Crippen LogP contribution in [0.1, 0.15) is 26.9 Å². The van der Waals surface area contributed by atoms with E-state index in [0.29, 0.717) is 0 Å². The number of hydrogen-bond donors (Lipinski definition) is 0. The Labute approximate surface area is 125 Å². The molecule has 2 rings (SSSR count). The van der Waals surface area contributed by atoms with Gasteiger partial charge in [-0.1, -0.05) is 17.7 Å².